The number of rotatable bonds is 4. The zero-order valence-corrected chi connectivity index (χ0v) is 11.2. The molecule has 0 radical (unpaired) electrons. The first-order valence-electron chi connectivity index (χ1n) is 5.49. The number of halogens is 1. The monoisotopic (exact) mass is 294 g/mol. The van der Waals surface area contributed by atoms with E-state index >= 15 is 0 Å². The molecular formula is C12H15BrN4. The summed E-state index contributed by atoms with van der Waals surface area (Å²) in [6, 6.07) is 7.84. The van der Waals surface area contributed by atoms with Crippen LogP contribution in [-0.4, -0.2) is 9.78 Å². The Kier molecular flexibility index (Phi) is 3.68. The number of anilines is 2. The molecule has 0 spiro atoms. The lowest BCUT2D eigenvalue weighted by molar-refractivity contribution is 0.661. The normalized spacial score (nSPS) is 10.5. The van der Waals surface area contributed by atoms with E-state index in [1.54, 1.807) is 0 Å². The first kappa shape index (κ1) is 12.0. The summed E-state index contributed by atoms with van der Waals surface area (Å²) in [7, 11) is 0. The molecule has 5 heteroatoms. The largest absolute Gasteiger partial charge is 0.399 e. The van der Waals surface area contributed by atoms with Crippen LogP contribution < -0.4 is 11.1 Å². The van der Waals surface area contributed by atoms with Gasteiger partial charge < -0.3 is 11.1 Å². The zero-order valence-electron chi connectivity index (χ0n) is 9.65. The lowest BCUT2D eigenvalue weighted by atomic mass is 10.2. The number of hydrogen-bond donors (Lipinski definition) is 2. The highest BCUT2D eigenvalue weighted by Crippen LogP contribution is 2.18. The minimum Gasteiger partial charge on any atom is -0.399 e. The Hall–Kier alpha value is -1.49. The van der Waals surface area contributed by atoms with Gasteiger partial charge in [0.2, 0.25) is 0 Å². The lowest BCUT2D eigenvalue weighted by Crippen LogP contribution is -2.02. The molecule has 0 bridgehead atoms. The van der Waals surface area contributed by atoms with Gasteiger partial charge in [-0.1, -0.05) is 15.9 Å². The second-order valence-electron chi connectivity index (χ2n) is 3.80. The topological polar surface area (TPSA) is 55.9 Å². The van der Waals surface area contributed by atoms with Gasteiger partial charge in [-0.2, -0.15) is 5.10 Å². The summed E-state index contributed by atoms with van der Waals surface area (Å²) in [6.45, 7) is 3.65. The highest BCUT2D eigenvalue weighted by atomic mass is 79.9. The molecule has 0 unspecified atom stereocenters. The maximum Gasteiger partial charge on any atom is 0.148 e. The Morgan fingerprint density at radius 3 is 2.88 bits per heavy atom. The van der Waals surface area contributed by atoms with Gasteiger partial charge in [-0.25, -0.2) is 0 Å². The van der Waals surface area contributed by atoms with E-state index in [9.17, 15) is 0 Å². The molecule has 0 aliphatic carbocycles. The number of nitrogens with one attached hydrogen (secondary N) is 1. The quantitative estimate of drug-likeness (QED) is 0.853. The smallest absolute Gasteiger partial charge is 0.148 e. The molecule has 0 aliphatic heterocycles. The highest BCUT2D eigenvalue weighted by molar-refractivity contribution is 9.10. The van der Waals surface area contributed by atoms with Crippen LogP contribution in [0.5, 0.6) is 0 Å². The number of aryl methyl sites for hydroxylation is 1. The molecule has 2 rings (SSSR count). The van der Waals surface area contributed by atoms with E-state index in [0.717, 1.165) is 28.1 Å². The molecule has 0 saturated heterocycles. The third-order valence-electron chi connectivity index (χ3n) is 2.42. The fourth-order valence-electron chi connectivity index (χ4n) is 1.60. The van der Waals surface area contributed by atoms with Crippen molar-refractivity contribution in [1.29, 1.82) is 0 Å². The van der Waals surface area contributed by atoms with Crippen LogP contribution >= 0.6 is 15.9 Å². The summed E-state index contributed by atoms with van der Waals surface area (Å²) in [5.74, 6) is 0.880. The van der Waals surface area contributed by atoms with Gasteiger partial charge in [0.25, 0.3) is 0 Å². The van der Waals surface area contributed by atoms with Gasteiger partial charge >= 0.3 is 0 Å². The van der Waals surface area contributed by atoms with Crippen molar-refractivity contribution in [2.24, 2.45) is 0 Å². The van der Waals surface area contributed by atoms with Crippen LogP contribution in [0.25, 0.3) is 0 Å². The minimum atomic E-state index is 0.713. The van der Waals surface area contributed by atoms with E-state index in [-0.39, 0.29) is 0 Å². The Labute approximate surface area is 109 Å². The molecule has 0 amide bonds. The van der Waals surface area contributed by atoms with Crippen molar-refractivity contribution in [2.45, 2.75) is 20.0 Å². The third kappa shape index (κ3) is 3.23. The van der Waals surface area contributed by atoms with Crippen molar-refractivity contribution >= 4 is 27.4 Å². The summed E-state index contributed by atoms with van der Waals surface area (Å²) in [5, 5.41) is 7.61. The van der Waals surface area contributed by atoms with Crippen LogP contribution in [0.3, 0.4) is 0 Å². The first-order valence-corrected chi connectivity index (χ1v) is 6.29. The standard InChI is InChI=1S/C12H15BrN4/c1-2-17-4-3-12(16-17)15-8-9-5-10(13)7-11(14)6-9/h3-7H,2,8,14H2,1H3,(H,15,16). The number of nitrogens with two attached hydrogens (primary N) is 1. The van der Waals surface area contributed by atoms with Gasteiger partial charge in [0.1, 0.15) is 5.82 Å². The number of hydrogen-bond acceptors (Lipinski definition) is 3. The predicted molar refractivity (Wildman–Crippen MR) is 73.8 cm³/mol. The summed E-state index contributed by atoms with van der Waals surface area (Å²) in [4.78, 5) is 0. The molecule has 2 aromatic rings. The molecule has 1 aromatic carbocycles. The van der Waals surface area contributed by atoms with Gasteiger partial charge in [0.15, 0.2) is 0 Å². The van der Waals surface area contributed by atoms with Crippen LogP contribution in [0.15, 0.2) is 34.9 Å². The molecule has 3 N–H and O–H groups in total. The van der Waals surface area contributed by atoms with Crippen molar-refractivity contribution in [3.63, 3.8) is 0 Å². The molecule has 1 heterocycles. The Bertz CT molecular complexity index is 487. The second kappa shape index (κ2) is 5.23. The van der Waals surface area contributed by atoms with Crippen molar-refractivity contribution < 1.29 is 0 Å². The molecule has 17 heavy (non-hydrogen) atoms. The summed E-state index contributed by atoms with van der Waals surface area (Å²) < 4.78 is 2.88. The fourth-order valence-corrected chi connectivity index (χ4v) is 2.16. The summed E-state index contributed by atoms with van der Waals surface area (Å²) >= 11 is 3.43. The average molecular weight is 295 g/mol. The molecule has 1 aromatic heterocycles. The van der Waals surface area contributed by atoms with E-state index in [1.807, 2.05) is 35.1 Å². The molecule has 4 nitrogen and oxygen atoms in total. The SMILES string of the molecule is CCn1ccc(NCc2cc(N)cc(Br)c2)n1. The highest BCUT2D eigenvalue weighted by Gasteiger charge is 2.00. The second-order valence-corrected chi connectivity index (χ2v) is 4.72. The fraction of sp³-hybridized carbons (Fsp3) is 0.250. The zero-order chi connectivity index (χ0) is 12.3. The number of aromatic nitrogens is 2. The molecule has 0 atom stereocenters. The molecule has 0 fully saturated rings. The van der Waals surface area contributed by atoms with Gasteiger partial charge in [0, 0.05) is 35.5 Å². The lowest BCUT2D eigenvalue weighted by Gasteiger charge is -2.05. The van der Waals surface area contributed by atoms with Gasteiger partial charge in [-0.05, 0) is 30.7 Å². The van der Waals surface area contributed by atoms with Crippen LogP contribution in [0.2, 0.25) is 0 Å². The van der Waals surface area contributed by atoms with Crippen LogP contribution in [0.1, 0.15) is 12.5 Å². The maximum absolute atomic E-state index is 5.78. The predicted octanol–water partition coefficient (Wildman–Crippen LogP) is 2.86. The van der Waals surface area contributed by atoms with Crippen LogP contribution in [-0.2, 0) is 13.1 Å². The van der Waals surface area contributed by atoms with Crippen molar-refractivity contribution in [3.8, 4) is 0 Å². The van der Waals surface area contributed by atoms with Gasteiger partial charge in [-0.15, -0.1) is 0 Å². The van der Waals surface area contributed by atoms with Gasteiger partial charge in [-0.3, -0.25) is 4.68 Å². The summed E-state index contributed by atoms with van der Waals surface area (Å²) in [6.07, 6.45) is 1.96. The van der Waals surface area contributed by atoms with Crippen molar-refractivity contribution in [3.05, 3.63) is 40.5 Å². The molecule has 0 aliphatic rings. The minimum absolute atomic E-state index is 0.713. The van der Waals surface area contributed by atoms with E-state index in [2.05, 4.69) is 33.3 Å². The van der Waals surface area contributed by atoms with E-state index in [0.29, 0.717) is 6.54 Å². The van der Waals surface area contributed by atoms with E-state index in [4.69, 9.17) is 5.73 Å². The third-order valence-corrected chi connectivity index (χ3v) is 2.88. The Morgan fingerprint density at radius 1 is 1.41 bits per heavy atom. The van der Waals surface area contributed by atoms with Crippen molar-refractivity contribution in [2.75, 3.05) is 11.1 Å². The Morgan fingerprint density at radius 2 is 2.24 bits per heavy atom. The Balaban J connectivity index is 2.01. The number of nitrogen functional groups attached to an aromatic ring is 1. The first-order chi connectivity index (χ1) is 8.17. The molecular weight excluding hydrogens is 280 g/mol. The van der Waals surface area contributed by atoms with E-state index in [1.165, 1.54) is 0 Å². The van der Waals surface area contributed by atoms with Crippen molar-refractivity contribution in [1.82, 2.24) is 9.78 Å². The average Bonchev–Trinajstić information content (AvgIpc) is 2.73. The molecule has 0 saturated carbocycles. The van der Waals surface area contributed by atoms with E-state index < -0.39 is 0 Å². The molecule has 90 valence electrons. The van der Waals surface area contributed by atoms with Gasteiger partial charge in [0.05, 0.1) is 0 Å². The maximum atomic E-state index is 5.78. The number of benzene rings is 1. The van der Waals surface area contributed by atoms with Crippen LogP contribution in [0, 0.1) is 0 Å². The van der Waals surface area contributed by atoms with Crippen LogP contribution in [0.4, 0.5) is 11.5 Å². The summed E-state index contributed by atoms with van der Waals surface area (Å²) in [5.41, 5.74) is 7.66. The number of nitrogens with zero attached hydrogens (tertiary/aromatic N) is 2.